The molecule has 2 amide bonds. The summed E-state index contributed by atoms with van der Waals surface area (Å²) in [6.07, 6.45) is 5.65. The quantitative estimate of drug-likeness (QED) is 0.205. The number of aryl methyl sites for hydroxylation is 1. The Balaban J connectivity index is 1.14. The van der Waals surface area contributed by atoms with Crippen LogP contribution in [0.4, 0.5) is 17.1 Å². The highest BCUT2D eigenvalue weighted by Crippen LogP contribution is 2.33. The number of amides is 2. The number of furan rings is 1. The number of fused-ring (bicyclic) bond motifs is 1. The van der Waals surface area contributed by atoms with Gasteiger partial charge in [-0.1, -0.05) is 36.4 Å². The van der Waals surface area contributed by atoms with E-state index in [-0.39, 0.29) is 23.4 Å². The van der Waals surface area contributed by atoms with Crippen molar-refractivity contribution in [2.24, 2.45) is 4.99 Å². The average molecular weight is 547 g/mol. The Morgan fingerprint density at radius 3 is 2.56 bits per heavy atom. The van der Waals surface area contributed by atoms with Crippen molar-refractivity contribution >= 4 is 40.9 Å². The van der Waals surface area contributed by atoms with Gasteiger partial charge in [0.05, 0.1) is 12.0 Å². The number of nitrogens with zero attached hydrogens (tertiary/aromatic N) is 2. The predicted molar refractivity (Wildman–Crippen MR) is 158 cm³/mol. The maximum Gasteiger partial charge on any atom is 0.291 e. The van der Waals surface area contributed by atoms with Gasteiger partial charge in [-0.15, -0.1) is 0 Å². The fourth-order valence-electron chi connectivity index (χ4n) is 5.32. The molecule has 2 aliphatic rings. The molecule has 1 unspecified atom stereocenters. The molecule has 1 atom stereocenters. The second kappa shape index (κ2) is 11.3. The van der Waals surface area contributed by atoms with Gasteiger partial charge in [0.25, 0.3) is 5.91 Å². The summed E-state index contributed by atoms with van der Waals surface area (Å²) < 4.78 is 5.25. The highest BCUT2D eigenvalue weighted by atomic mass is 16.3. The Kier molecular flexibility index (Phi) is 7.31. The minimum atomic E-state index is -0.540. The minimum absolute atomic E-state index is 0.183. The van der Waals surface area contributed by atoms with Crippen LogP contribution >= 0.6 is 0 Å². The van der Waals surface area contributed by atoms with Crippen LogP contribution in [-0.4, -0.2) is 41.8 Å². The second-order valence-electron chi connectivity index (χ2n) is 10.5. The van der Waals surface area contributed by atoms with Gasteiger partial charge < -0.3 is 15.1 Å². The molecule has 0 saturated carbocycles. The molecule has 4 aromatic rings. The van der Waals surface area contributed by atoms with Crippen molar-refractivity contribution in [3.8, 4) is 0 Å². The van der Waals surface area contributed by atoms with Crippen LogP contribution in [0.5, 0.6) is 0 Å². The molecule has 0 spiro atoms. The lowest BCUT2D eigenvalue weighted by Gasteiger charge is -2.14. The highest BCUT2D eigenvalue weighted by molar-refractivity contribution is 6.15. The van der Waals surface area contributed by atoms with Gasteiger partial charge in [-0.3, -0.25) is 24.3 Å². The Morgan fingerprint density at radius 2 is 1.80 bits per heavy atom. The lowest BCUT2D eigenvalue weighted by molar-refractivity contribution is -0.115. The van der Waals surface area contributed by atoms with Crippen LogP contribution in [-0.2, 0) is 11.3 Å². The van der Waals surface area contributed by atoms with Crippen molar-refractivity contribution in [3.05, 3.63) is 113 Å². The summed E-state index contributed by atoms with van der Waals surface area (Å²) in [4.78, 5) is 45.6. The highest BCUT2D eigenvalue weighted by Gasteiger charge is 2.30. The zero-order valence-corrected chi connectivity index (χ0v) is 22.7. The van der Waals surface area contributed by atoms with E-state index in [0.29, 0.717) is 22.5 Å². The van der Waals surface area contributed by atoms with Gasteiger partial charge in [-0.2, -0.15) is 0 Å². The number of hydrogen-bond donors (Lipinski definition) is 2. The Hall–Kier alpha value is -4.82. The number of aliphatic imine (C=N–C) groups is 1. The standard InChI is InChI=1S/C33H30N4O4/c1-21-13-16-41-31(21)33(40)35-26-6-4-5-23(17-26)30(38)24-9-12-27-28(32(39)36-29(27)18-24)19-34-25-10-7-22(8-11-25)20-37-14-2-3-15-37/h4-13,16-19,28H,2-3,14-15,20H2,1H3,(H,35,40)(H,36,39). The van der Waals surface area contributed by atoms with Crippen LogP contribution in [0.15, 0.2) is 88.5 Å². The molecule has 206 valence electrons. The van der Waals surface area contributed by atoms with E-state index in [1.165, 1.54) is 24.7 Å². The molecule has 0 bridgehead atoms. The lowest BCUT2D eigenvalue weighted by atomic mass is 9.97. The van der Waals surface area contributed by atoms with Crippen LogP contribution in [0.1, 0.15) is 61.9 Å². The third-order valence-corrected chi connectivity index (χ3v) is 7.56. The molecular formula is C33H30N4O4. The van der Waals surface area contributed by atoms with Gasteiger partial charge >= 0.3 is 0 Å². The third kappa shape index (κ3) is 5.73. The zero-order chi connectivity index (χ0) is 28.3. The van der Waals surface area contributed by atoms with E-state index in [1.807, 2.05) is 12.1 Å². The summed E-state index contributed by atoms with van der Waals surface area (Å²) in [5, 5.41) is 5.66. The van der Waals surface area contributed by atoms with Gasteiger partial charge in [0.2, 0.25) is 5.91 Å². The molecule has 41 heavy (non-hydrogen) atoms. The van der Waals surface area contributed by atoms with Crippen molar-refractivity contribution in [2.75, 3.05) is 23.7 Å². The molecule has 1 saturated heterocycles. The summed E-state index contributed by atoms with van der Waals surface area (Å²) in [5.74, 6) is -1.11. The van der Waals surface area contributed by atoms with E-state index in [1.54, 1.807) is 61.7 Å². The molecule has 0 aliphatic carbocycles. The first-order valence-corrected chi connectivity index (χ1v) is 13.7. The van der Waals surface area contributed by atoms with Gasteiger partial charge in [0, 0.05) is 40.8 Å². The Morgan fingerprint density at radius 1 is 1.02 bits per heavy atom. The van der Waals surface area contributed by atoms with E-state index in [9.17, 15) is 14.4 Å². The summed E-state index contributed by atoms with van der Waals surface area (Å²) in [6, 6.07) is 21.8. The minimum Gasteiger partial charge on any atom is -0.459 e. The Bertz CT molecular complexity index is 1650. The number of likely N-dealkylation sites (tertiary alicyclic amines) is 1. The van der Waals surface area contributed by atoms with Crippen molar-refractivity contribution < 1.29 is 18.8 Å². The van der Waals surface area contributed by atoms with Crippen molar-refractivity contribution in [1.82, 2.24) is 4.90 Å². The van der Waals surface area contributed by atoms with Crippen LogP contribution < -0.4 is 10.6 Å². The number of nitrogens with one attached hydrogen (secondary N) is 2. The summed E-state index contributed by atoms with van der Waals surface area (Å²) in [6.45, 7) is 5.04. The topological polar surface area (TPSA) is 104 Å². The number of carbonyl (C=O) groups excluding carboxylic acids is 3. The molecule has 0 radical (unpaired) electrons. The van der Waals surface area contributed by atoms with Gasteiger partial charge in [0.15, 0.2) is 11.5 Å². The van der Waals surface area contributed by atoms with Crippen LogP contribution in [0.3, 0.4) is 0 Å². The second-order valence-corrected chi connectivity index (χ2v) is 10.5. The normalized spacial score (nSPS) is 16.6. The molecule has 2 N–H and O–H groups in total. The number of hydrogen-bond acceptors (Lipinski definition) is 6. The molecule has 8 heteroatoms. The number of carbonyl (C=O) groups is 3. The van der Waals surface area contributed by atoms with E-state index >= 15 is 0 Å². The maximum atomic E-state index is 13.3. The Labute approximate surface area is 238 Å². The first-order valence-electron chi connectivity index (χ1n) is 13.7. The lowest BCUT2D eigenvalue weighted by Crippen LogP contribution is -2.18. The molecule has 1 aromatic heterocycles. The number of benzene rings is 3. The molecular weight excluding hydrogens is 516 g/mol. The fourth-order valence-corrected chi connectivity index (χ4v) is 5.32. The summed E-state index contributed by atoms with van der Waals surface area (Å²) in [5.41, 5.74) is 5.46. The van der Waals surface area contributed by atoms with Crippen molar-refractivity contribution in [3.63, 3.8) is 0 Å². The molecule has 6 rings (SSSR count). The fraction of sp³-hybridized carbons (Fsp3) is 0.212. The number of ketones is 1. The average Bonchev–Trinajstić information content (AvgIpc) is 3.72. The van der Waals surface area contributed by atoms with Gasteiger partial charge in [0.1, 0.15) is 5.92 Å². The summed E-state index contributed by atoms with van der Waals surface area (Å²) >= 11 is 0. The van der Waals surface area contributed by atoms with E-state index < -0.39 is 5.92 Å². The van der Waals surface area contributed by atoms with E-state index in [2.05, 4.69) is 32.7 Å². The van der Waals surface area contributed by atoms with Gasteiger partial charge in [-0.05, 0) is 80.4 Å². The third-order valence-electron chi connectivity index (χ3n) is 7.56. The SMILES string of the molecule is Cc1ccoc1C(=O)Nc1cccc(C(=O)c2ccc3c(c2)NC(=O)C3C=Nc2ccc(CN3CCCC3)cc2)c1. The molecule has 3 aromatic carbocycles. The van der Waals surface area contributed by atoms with Crippen molar-refractivity contribution in [2.45, 2.75) is 32.2 Å². The summed E-state index contributed by atoms with van der Waals surface area (Å²) in [7, 11) is 0. The van der Waals surface area contributed by atoms with E-state index in [0.717, 1.165) is 36.4 Å². The molecule has 2 aliphatic heterocycles. The number of rotatable bonds is 8. The largest absolute Gasteiger partial charge is 0.459 e. The first kappa shape index (κ1) is 26.4. The van der Waals surface area contributed by atoms with Gasteiger partial charge in [-0.25, -0.2) is 0 Å². The molecule has 8 nitrogen and oxygen atoms in total. The van der Waals surface area contributed by atoms with Crippen LogP contribution in [0.2, 0.25) is 0 Å². The smallest absolute Gasteiger partial charge is 0.291 e. The zero-order valence-electron chi connectivity index (χ0n) is 22.7. The van der Waals surface area contributed by atoms with Crippen LogP contribution in [0, 0.1) is 6.92 Å². The van der Waals surface area contributed by atoms with Crippen LogP contribution in [0.25, 0.3) is 0 Å². The maximum absolute atomic E-state index is 13.3. The van der Waals surface area contributed by atoms with Crippen molar-refractivity contribution in [1.29, 1.82) is 0 Å². The van der Waals surface area contributed by atoms with E-state index in [4.69, 9.17) is 4.42 Å². The monoisotopic (exact) mass is 546 g/mol. The predicted octanol–water partition coefficient (Wildman–Crippen LogP) is 6.11. The number of anilines is 2. The molecule has 1 fully saturated rings. The molecule has 3 heterocycles. The first-order chi connectivity index (χ1) is 19.9.